The molecule has 0 atom stereocenters. The van der Waals surface area contributed by atoms with Crippen LogP contribution in [0.15, 0.2) is 0 Å². The fraction of sp³-hybridized carbons (Fsp3) is 1.00. The fourth-order valence-corrected chi connectivity index (χ4v) is 2.81. The number of alkyl halides is 1. The van der Waals surface area contributed by atoms with Crippen molar-refractivity contribution >= 4 is 15.9 Å². The molecule has 1 nitrogen and oxygen atoms in total. The van der Waals surface area contributed by atoms with E-state index in [0.717, 1.165) is 5.33 Å². The first-order valence-electron chi connectivity index (χ1n) is 7.58. The van der Waals surface area contributed by atoms with Gasteiger partial charge in [-0.1, -0.05) is 42.6 Å². The number of quaternary nitrogens is 1. The molecule has 0 rings (SSSR count). The van der Waals surface area contributed by atoms with E-state index in [9.17, 15) is 0 Å². The zero-order valence-electron chi connectivity index (χ0n) is 12.7. The van der Waals surface area contributed by atoms with Gasteiger partial charge in [0.2, 0.25) is 0 Å². The maximum atomic E-state index is 3.54. The molecule has 0 N–H and O–H groups in total. The molecule has 0 aromatic heterocycles. The summed E-state index contributed by atoms with van der Waals surface area (Å²) in [4.78, 5) is 0. The van der Waals surface area contributed by atoms with Crippen molar-refractivity contribution in [2.24, 2.45) is 0 Å². The molecule has 0 unspecified atom stereocenters. The van der Waals surface area contributed by atoms with Crippen LogP contribution in [0.2, 0.25) is 0 Å². The zero-order chi connectivity index (χ0) is 13.0. The van der Waals surface area contributed by atoms with Crippen LogP contribution >= 0.6 is 15.9 Å². The van der Waals surface area contributed by atoms with Crippen LogP contribution in [0.4, 0.5) is 0 Å². The Morgan fingerprint density at radius 3 is 1.44 bits per heavy atom. The van der Waals surface area contributed by atoms with Gasteiger partial charge in [-0.2, -0.15) is 0 Å². The smallest absolute Gasteiger partial charge is 0.0784 e. The van der Waals surface area contributed by atoms with Gasteiger partial charge >= 0.3 is 0 Å². The molecule has 0 aromatic rings. The number of rotatable bonds is 12. The van der Waals surface area contributed by atoms with Crippen LogP contribution in [0, 0.1) is 0 Å². The Bertz CT molecular complexity index is 138. The third-order valence-electron chi connectivity index (χ3n) is 3.68. The van der Waals surface area contributed by atoms with E-state index >= 15 is 0 Å². The monoisotopic (exact) mass is 341 g/mol. The van der Waals surface area contributed by atoms with Crippen molar-refractivity contribution in [3.05, 3.63) is 0 Å². The topological polar surface area (TPSA) is 0 Å². The van der Waals surface area contributed by atoms with Gasteiger partial charge in [-0.05, 0) is 38.5 Å². The Hall–Kier alpha value is 0.730. The summed E-state index contributed by atoms with van der Waals surface area (Å²) in [6.07, 6.45) is 11.0. The lowest BCUT2D eigenvalue weighted by molar-refractivity contribution is -0.910. The largest absolute Gasteiger partial charge is 1.00 e. The van der Waals surface area contributed by atoms with Gasteiger partial charge in [-0.25, -0.2) is 0 Å². The first-order chi connectivity index (χ1) is 8.18. The minimum Gasteiger partial charge on any atom is -1.00 e. The molecule has 0 heterocycles. The number of halogens is 2. The van der Waals surface area contributed by atoms with Crippen molar-refractivity contribution in [2.45, 2.75) is 65.2 Å². The molecule has 0 amide bonds. The summed E-state index contributed by atoms with van der Waals surface area (Å²) in [7, 11) is 2.47. The summed E-state index contributed by atoms with van der Waals surface area (Å²) in [5, 5.41) is 1.16. The Morgan fingerprint density at radius 2 is 1.11 bits per heavy atom. The molecule has 0 radical (unpaired) electrons. The van der Waals surface area contributed by atoms with Gasteiger partial charge in [0.05, 0.1) is 26.7 Å². The van der Waals surface area contributed by atoms with E-state index in [4.69, 9.17) is 0 Å². The molecule has 0 aliphatic rings. The quantitative estimate of drug-likeness (QED) is 0.289. The standard InChI is InChI=1S/C15H33BrN.ClH/c1-4-6-9-13-17(3,14-10-7-5-2)15-11-8-12-16;/h4-15H2,1-3H3;1H/q+1;/p-1. The summed E-state index contributed by atoms with van der Waals surface area (Å²) < 4.78 is 1.31. The third-order valence-corrected chi connectivity index (χ3v) is 4.25. The lowest BCUT2D eigenvalue weighted by Crippen LogP contribution is -3.00. The van der Waals surface area contributed by atoms with E-state index in [2.05, 4.69) is 36.8 Å². The van der Waals surface area contributed by atoms with Gasteiger partial charge in [-0.3, -0.25) is 0 Å². The highest BCUT2D eigenvalue weighted by molar-refractivity contribution is 9.09. The molecule has 0 saturated carbocycles. The van der Waals surface area contributed by atoms with Gasteiger partial charge in [0.1, 0.15) is 0 Å². The molecule has 18 heavy (non-hydrogen) atoms. The Morgan fingerprint density at radius 1 is 0.722 bits per heavy atom. The first kappa shape index (κ1) is 21.0. The molecule has 0 saturated heterocycles. The summed E-state index contributed by atoms with van der Waals surface area (Å²) in [6.45, 7) is 8.75. The first-order valence-corrected chi connectivity index (χ1v) is 8.70. The highest BCUT2D eigenvalue weighted by Gasteiger charge is 2.19. The van der Waals surface area contributed by atoms with Crippen LogP contribution in [-0.2, 0) is 0 Å². The number of hydrogen-bond donors (Lipinski definition) is 0. The Kier molecular flexibility index (Phi) is 16.5. The third kappa shape index (κ3) is 11.8. The van der Waals surface area contributed by atoms with Crippen molar-refractivity contribution in [1.82, 2.24) is 0 Å². The van der Waals surface area contributed by atoms with Crippen molar-refractivity contribution in [3.63, 3.8) is 0 Å². The average molecular weight is 343 g/mol. The summed E-state index contributed by atoms with van der Waals surface area (Å²) >= 11 is 3.54. The molecular formula is C15H33BrClN. The molecule has 0 bridgehead atoms. The van der Waals surface area contributed by atoms with Crippen LogP contribution in [0.25, 0.3) is 0 Å². The number of unbranched alkanes of at least 4 members (excludes halogenated alkanes) is 5. The molecule has 0 aliphatic carbocycles. The Labute approximate surface area is 130 Å². The fourth-order valence-electron chi connectivity index (χ4n) is 2.41. The zero-order valence-corrected chi connectivity index (χ0v) is 15.0. The summed E-state index contributed by atoms with van der Waals surface area (Å²) in [5.74, 6) is 0. The number of nitrogens with zero attached hydrogens (tertiary/aromatic N) is 1. The van der Waals surface area contributed by atoms with Crippen molar-refractivity contribution < 1.29 is 16.9 Å². The van der Waals surface area contributed by atoms with Gasteiger partial charge in [-0.15, -0.1) is 0 Å². The molecule has 3 heteroatoms. The second kappa shape index (κ2) is 14.1. The van der Waals surface area contributed by atoms with Crippen LogP contribution < -0.4 is 12.4 Å². The highest BCUT2D eigenvalue weighted by atomic mass is 79.9. The van der Waals surface area contributed by atoms with Crippen molar-refractivity contribution in [3.8, 4) is 0 Å². The van der Waals surface area contributed by atoms with E-state index in [1.165, 1.54) is 75.5 Å². The minimum atomic E-state index is 0. The van der Waals surface area contributed by atoms with Gasteiger partial charge in [0.25, 0.3) is 0 Å². The average Bonchev–Trinajstić information content (AvgIpc) is 2.30. The van der Waals surface area contributed by atoms with Gasteiger partial charge < -0.3 is 16.9 Å². The van der Waals surface area contributed by atoms with E-state index in [0.29, 0.717) is 0 Å². The molecule has 0 spiro atoms. The van der Waals surface area contributed by atoms with Gasteiger partial charge in [0, 0.05) is 5.33 Å². The van der Waals surface area contributed by atoms with E-state index in [-0.39, 0.29) is 12.4 Å². The normalized spacial score (nSPS) is 11.3. The van der Waals surface area contributed by atoms with E-state index < -0.39 is 0 Å². The molecule has 0 aromatic carbocycles. The molecule has 0 fully saturated rings. The second-order valence-electron chi connectivity index (χ2n) is 5.60. The summed E-state index contributed by atoms with van der Waals surface area (Å²) in [5.41, 5.74) is 0. The number of hydrogen-bond acceptors (Lipinski definition) is 0. The maximum absolute atomic E-state index is 3.54. The minimum absolute atomic E-state index is 0. The SMILES string of the molecule is CCCCC[N+](C)(CCCCC)CCCCBr.[Cl-]. The molecule has 0 aliphatic heterocycles. The van der Waals surface area contributed by atoms with E-state index in [1.54, 1.807) is 0 Å². The molecular weight excluding hydrogens is 310 g/mol. The van der Waals surface area contributed by atoms with Crippen molar-refractivity contribution in [1.29, 1.82) is 0 Å². The predicted molar refractivity (Wildman–Crippen MR) is 82.9 cm³/mol. The molecule has 112 valence electrons. The maximum Gasteiger partial charge on any atom is 0.0784 e. The predicted octanol–water partition coefficient (Wildman–Crippen LogP) is 1.99. The van der Waals surface area contributed by atoms with Gasteiger partial charge in [0.15, 0.2) is 0 Å². The van der Waals surface area contributed by atoms with Crippen LogP contribution in [-0.4, -0.2) is 36.5 Å². The van der Waals surface area contributed by atoms with E-state index in [1.807, 2.05) is 0 Å². The van der Waals surface area contributed by atoms with Crippen LogP contribution in [0.3, 0.4) is 0 Å². The van der Waals surface area contributed by atoms with Crippen molar-refractivity contribution in [2.75, 3.05) is 32.0 Å². The van der Waals surface area contributed by atoms with Crippen LogP contribution in [0.5, 0.6) is 0 Å². The summed E-state index contributed by atoms with van der Waals surface area (Å²) in [6, 6.07) is 0. The second-order valence-corrected chi connectivity index (χ2v) is 6.39. The lowest BCUT2D eigenvalue weighted by Gasteiger charge is -2.35. The Balaban J connectivity index is 0. The lowest BCUT2D eigenvalue weighted by atomic mass is 10.1. The van der Waals surface area contributed by atoms with Crippen LogP contribution in [0.1, 0.15) is 65.2 Å². The highest BCUT2D eigenvalue weighted by Crippen LogP contribution is 2.13.